The van der Waals surface area contributed by atoms with Crippen LogP contribution in [0.3, 0.4) is 0 Å². The molecule has 0 radical (unpaired) electrons. The van der Waals surface area contributed by atoms with Gasteiger partial charge in [-0.15, -0.1) is 0 Å². The SMILES string of the molecule is B[C@@]1(N2Cc3cc(CNC(=O)C(F)(F)c4ccc(F)cc4OCC(F)(F)F)ccc3C2=O)CCC(=O)NC1=O. The van der Waals surface area contributed by atoms with Gasteiger partial charge in [0.2, 0.25) is 11.8 Å². The number of nitrogens with one attached hydrogen (secondary N) is 2. The van der Waals surface area contributed by atoms with Crippen LogP contribution in [0.15, 0.2) is 36.4 Å². The largest absolute Gasteiger partial charge is 0.483 e. The Bertz CT molecular complexity index is 1370. The van der Waals surface area contributed by atoms with E-state index in [2.05, 4.69) is 10.1 Å². The summed E-state index contributed by atoms with van der Waals surface area (Å²) >= 11 is 0. The van der Waals surface area contributed by atoms with E-state index in [1.54, 1.807) is 0 Å². The van der Waals surface area contributed by atoms with Crippen molar-refractivity contribution in [2.75, 3.05) is 6.61 Å². The molecule has 4 rings (SSSR count). The van der Waals surface area contributed by atoms with E-state index in [-0.39, 0.29) is 24.9 Å². The van der Waals surface area contributed by atoms with Gasteiger partial charge in [-0.2, -0.15) is 22.0 Å². The average Bonchev–Trinajstić information content (AvgIpc) is 3.19. The second-order valence-corrected chi connectivity index (χ2v) is 9.34. The van der Waals surface area contributed by atoms with Gasteiger partial charge < -0.3 is 15.0 Å². The fourth-order valence-corrected chi connectivity index (χ4v) is 4.38. The first-order valence-corrected chi connectivity index (χ1v) is 11.6. The van der Waals surface area contributed by atoms with Crippen molar-refractivity contribution in [1.82, 2.24) is 15.5 Å². The van der Waals surface area contributed by atoms with Crippen molar-refractivity contribution >= 4 is 31.5 Å². The molecule has 2 heterocycles. The Labute approximate surface area is 218 Å². The lowest BCUT2D eigenvalue weighted by Gasteiger charge is -2.39. The quantitative estimate of drug-likeness (QED) is 0.309. The molecule has 2 N–H and O–H groups in total. The summed E-state index contributed by atoms with van der Waals surface area (Å²) in [5.41, 5.74) is -1.49. The summed E-state index contributed by atoms with van der Waals surface area (Å²) in [4.78, 5) is 50.6. The molecule has 1 fully saturated rings. The Morgan fingerprint density at radius 2 is 1.82 bits per heavy atom. The third kappa shape index (κ3) is 5.57. The van der Waals surface area contributed by atoms with Crippen LogP contribution in [0.2, 0.25) is 0 Å². The van der Waals surface area contributed by atoms with Crippen LogP contribution in [0.5, 0.6) is 5.75 Å². The van der Waals surface area contributed by atoms with E-state index in [0.29, 0.717) is 29.3 Å². The number of benzene rings is 2. The van der Waals surface area contributed by atoms with E-state index in [0.717, 1.165) is 0 Å². The van der Waals surface area contributed by atoms with Gasteiger partial charge in [0.05, 0.1) is 11.0 Å². The number of amides is 4. The summed E-state index contributed by atoms with van der Waals surface area (Å²) in [6.45, 7) is -2.41. The zero-order valence-electron chi connectivity index (χ0n) is 20.3. The number of hydrogen-bond acceptors (Lipinski definition) is 5. The monoisotopic (exact) mass is 555 g/mol. The molecule has 1 saturated heterocycles. The highest BCUT2D eigenvalue weighted by Crippen LogP contribution is 2.37. The molecule has 0 bridgehead atoms. The maximum Gasteiger partial charge on any atom is 0.422 e. The number of rotatable bonds is 7. The minimum atomic E-state index is -4.89. The van der Waals surface area contributed by atoms with Crippen molar-refractivity contribution in [3.05, 3.63) is 64.5 Å². The summed E-state index contributed by atoms with van der Waals surface area (Å²) in [5, 5.41) is 4.20. The minimum Gasteiger partial charge on any atom is -0.483 e. The Morgan fingerprint density at radius 1 is 1.10 bits per heavy atom. The molecule has 39 heavy (non-hydrogen) atoms. The fraction of sp³-hybridized carbons (Fsp3) is 0.333. The van der Waals surface area contributed by atoms with Crippen LogP contribution in [-0.2, 0) is 33.4 Å². The predicted molar refractivity (Wildman–Crippen MR) is 124 cm³/mol. The highest BCUT2D eigenvalue weighted by molar-refractivity contribution is 6.32. The number of hydrogen-bond donors (Lipinski definition) is 2. The van der Waals surface area contributed by atoms with E-state index in [9.17, 15) is 45.5 Å². The number of carbonyl (C=O) groups is 4. The maximum atomic E-state index is 14.9. The first kappa shape index (κ1) is 28.0. The molecule has 2 aromatic carbocycles. The summed E-state index contributed by atoms with van der Waals surface area (Å²) in [7, 11) is 1.53. The maximum absolute atomic E-state index is 14.9. The van der Waals surface area contributed by atoms with E-state index < -0.39 is 71.4 Å². The number of imide groups is 1. The Morgan fingerprint density at radius 3 is 2.49 bits per heavy atom. The van der Waals surface area contributed by atoms with E-state index in [4.69, 9.17) is 0 Å². The van der Waals surface area contributed by atoms with Crippen molar-refractivity contribution in [2.24, 2.45) is 0 Å². The lowest BCUT2D eigenvalue weighted by atomic mass is 9.70. The number of fused-ring (bicyclic) bond motifs is 1. The standard InChI is InChI=1S/C24H20BF6N3O5/c25-22(6-5-18(35)33-20(22)37)34-10-13-7-12(1-3-15(13)19(34)36)9-32-21(38)24(30,31)16-4-2-14(26)8-17(16)39-11-23(27,28)29/h1-4,7-8H,5-6,9-11,25H2,(H,32,38)(H,33,35,37)/t22-/m1/s1. The Balaban J connectivity index is 1.47. The summed E-state index contributed by atoms with van der Waals surface area (Å²) in [5.74, 6) is -10.0. The molecule has 4 amide bonds. The first-order valence-electron chi connectivity index (χ1n) is 11.6. The van der Waals surface area contributed by atoms with Crippen molar-refractivity contribution in [3.8, 4) is 5.75 Å². The van der Waals surface area contributed by atoms with Crippen molar-refractivity contribution in [1.29, 1.82) is 0 Å². The molecule has 0 aliphatic carbocycles. The molecule has 2 aromatic rings. The Hall–Kier alpha value is -4.04. The van der Waals surface area contributed by atoms with E-state index in [1.165, 1.54) is 30.9 Å². The van der Waals surface area contributed by atoms with Crippen LogP contribution < -0.4 is 15.4 Å². The Kier molecular flexibility index (Phi) is 7.13. The molecule has 0 spiro atoms. The van der Waals surface area contributed by atoms with Crippen LogP contribution in [-0.4, -0.2) is 54.6 Å². The predicted octanol–water partition coefficient (Wildman–Crippen LogP) is 1.90. The van der Waals surface area contributed by atoms with Crippen LogP contribution >= 0.6 is 0 Å². The smallest absolute Gasteiger partial charge is 0.422 e. The van der Waals surface area contributed by atoms with Gasteiger partial charge in [-0.1, -0.05) is 12.1 Å². The number of alkyl halides is 5. The molecule has 2 aliphatic heterocycles. The zero-order chi connectivity index (χ0) is 28.8. The lowest BCUT2D eigenvalue weighted by Crippen LogP contribution is -2.63. The molecular formula is C24H20BF6N3O5. The molecule has 1 atom stereocenters. The second-order valence-electron chi connectivity index (χ2n) is 9.34. The fourth-order valence-electron chi connectivity index (χ4n) is 4.38. The van der Waals surface area contributed by atoms with Crippen molar-refractivity contribution in [3.63, 3.8) is 0 Å². The number of carbonyl (C=O) groups excluding carboxylic acids is 4. The molecule has 2 aliphatic rings. The van der Waals surface area contributed by atoms with Gasteiger partial charge in [-0.25, -0.2) is 4.39 Å². The van der Waals surface area contributed by atoms with Gasteiger partial charge in [-0.3, -0.25) is 24.5 Å². The number of nitrogens with zero attached hydrogens (tertiary/aromatic N) is 1. The highest BCUT2D eigenvalue weighted by atomic mass is 19.4. The molecule has 0 unspecified atom stereocenters. The minimum absolute atomic E-state index is 0.000291. The topological polar surface area (TPSA) is 105 Å². The van der Waals surface area contributed by atoms with Crippen LogP contribution in [0.25, 0.3) is 0 Å². The molecule has 206 valence electrons. The van der Waals surface area contributed by atoms with Gasteiger partial charge in [0, 0.05) is 31.1 Å². The van der Waals surface area contributed by atoms with Gasteiger partial charge in [0.1, 0.15) is 19.4 Å². The highest BCUT2D eigenvalue weighted by Gasteiger charge is 2.48. The number of ether oxygens (including phenoxy) is 1. The van der Waals surface area contributed by atoms with E-state index in [1.807, 2.05) is 5.32 Å². The van der Waals surface area contributed by atoms with Crippen LogP contribution in [0.4, 0.5) is 26.3 Å². The normalized spacial score (nSPS) is 19.5. The van der Waals surface area contributed by atoms with Crippen molar-refractivity contribution in [2.45, 2.75) is 43.5 Å². The van der Waals surface area contributed by atoms with Crippen molar-refractivity contribution < 1.29 is 50.3 Å². The van der Waals surface area contributed by atoms with Gasteiger partial charge in [0.25, 0.3) is 11.8 Å². The van der Waals surface area contributed by atoms with E-state index >= 15 is 0 Å². The van der Waals surface area contributed by atoms with Gasteiger partial charge in [-0.05, 0) is 35.7 Å². The third-order valence-electron chi connectivity index (χ3n) is 6.56. The average molecular weight is 555 g/mol. The van der Waals surface area contributed by atoms with Gasteiger partial charge in [0.15, 0.2) is 6.61 Å². The van der Waals surface area contributed by atoms with Gasteiger partial charge >= 0.3 is 12.1 Å². The van der Waals surface area contributed by atoms with Crippen LogP contribution in [0.1, 0.15) is 39.9 Å². The summed E-state index contributed by atoms with van der Waals surface area (Å²) in [6.07, 6.45) is -4.72. The summed E-state index contributed by atoms with van der Waals surface area (Å²) in [6, 6.07) is 5.65. The van der Waals surface area contributed by atoms with Crippen LogP contribution in [0, 0.1) is 5.82 Å². The molecular weight excluding hydrogens is 535 g/mol. The first-order chi connectivity index (χ1) is 18.1. The summed E-state index contributed by atoms with van der Waals surface area (Å²) < 4.78 is 85.1. The second kappa shape index (κ2) is 9.93. The molecule has 15 heteroatoms. The molecule has 0 saturated carbocycles. The lowest BCUT2D eigenvalue weighted by molar-refractivity contribution is -0.155. The number of halogens is 6. The zero-order valence-corrected chi connectivity index (χ0v) is 20.3. The molecule has 0 aromatic heterocycles. The number of piperidine rings is 1. The molecule has 8 nitrogen and oxygen atoms in total. The third-order valence-corrected chi connectivity index (χ3v) is 6.56.